The Morgan fingerprint density at radius 1 is 1.40 bits per heavy atom. The summed E-state index contributed by atoms with van der Waals surface area (Å²) >= 11 is 12.2. The Hall–Kier alpha value is -0.970. The standard InChI is InChI=1S/C14H19Cl2NO3/c1-14(2,3)20-11-7-8(6-9(15)12(11)16)4-5-10(17)13(18)19/h6-7,10H,4-5,17H2,1-3H3,(H,18,19)/t10-/m0/s1. The quantitative estimate of drug-likeness (QED) is 0.871. The third-order valence-electron chi connectivity index (χ3n) is 2.53. The lowest BCUT2D eigenvalue weighted by Crippen LogP contribution is -2.30. The van der Waals surface area contributed by atoms with Gasteiger partial charge in [-0.1, -0.05) is 23.2 Å². The van der Waals surface area contributed by atoms with Crippen molar-refractivity contribution in [3.8, 4) is 5.75 Å². The summed E-state index contributed by atoms with van der Waals surface area (Å²) in [6, 6.07) is 2.58. The lowest BCUT2D eigenvalue weighted by Gasteiger charge is -2.23. The monoisotopic (exact) mass is 319 g/mol. The number of nitrogens with two attached hydrogens (primary N) is 1. The van der Waals surface area contributed by atoms with Crippen LogP contribution in [0.2, 0.25) is 10.0 Å². The first-order chi connectivity index (χ1) is 9.10. The minimum absolute atomic E-state index is 0.322. The van der Waals surface area contributed by atoms with Gasteiger partial charge in [-0.25, -0.2) is 0 Å². The van der Waals surface area contributed by atoms with Crippen LogP contribution in [-0.2, 0) is 11.2 Å². The smallest absolute Gasteiger partial charge is 0.320 e. The van der Waals surface area contributed by atoms with E-state index in [1.807, 2.05) is 20.8 Å². The van der Waals surface area contributed by atoms with E-state index >= 15 is 0 Å². The third-order valence-corrected chi connectivity index (χ3v) is 3.32. The number of hydrogen-bond donors (Lipinski definition) is 2. The molecule has 20 heavy (non-hydrogen) atoms. The van der Waals surface area contributed by atoms with Crippen LogP contribution >= 0.6 is 23.2 Å². The topological polar surface area (TPSA) is 72.5 Å². The van der Waals surface area contributed by atoms with E-state index in [-0.39, 0.29) is 0 Å². The number of rotatable bonds is 5. The van der Waals surface area contributed by atoms with Crippen LogP contribution in [0.1, 0.15) is 32.8 Å². The van der Waals surface area contributed by atoms with Crippen LogP contribution in [0.3, 0.4) is 0 Å². The van der Waals surface area contributed by atoms with Crippen molar-refractivity contribution in [2.75, 3.05) is 0 Å². The molecule has 0 aliphatic carbocycles. The van der Waals surface area contributed by atoms with Crippen molar-refractivity contribution in [1.82, 2.24) is 0 Å². The molecule has 0 spiro atoms. The van der Waals surface area contributed by atoms with Crippen LogP contribution in [0.5, 0.6) is 5.75 Å². The number of aliphatic carboxylic acids is 1. The van der Waals surface area contributed by atoms with E-state index < -0.39 is 17.6 Å². The summed E-state index contributed by atoms with van der Waals surface area (Å²) in [4.78, 5) is 10.7. The first-order valence-corrected chi connectivity index (χ1v) is 7.01. The Morgan fingerprint density at radius 3 is 2.50 bits per heavy atom. The summed E-state index contributed by atoms with van der Waals surface area (Å²) < 4.78 is 5.74. The molecule has 0 aliphatic rings. The van der Waals surface area contributed by atoms with Crippen molar-refractivity contribution < 1.29 is 14.6 Å². The molecule has 0 saturated carbocycles. The van der Waals surface area contributed by atoms with E-state index in [9.17, 15) is 4.79 Å². The maximum absolute atomic E-state index is 10.7. The summed E-state index contributed by atoms with van der Waals surface area (Å²) in [5.41, 5.74) is 5.93. The van der Waals surface area contributed by atoms with Gasteiger partial charge in [-0.05, 0) is 51.3 Å². The molecule has 0 saturated heterocycles. The number of carbonyl (C=O) groups is 1. The van der Waals surface area contributed by atoms with Gasteiger partial charge in [-0.15, -0.1) is 0 Å². The van der Waals surface area contributed by atoms with Gasteiger partial charge in [0.15, 0.2) is 0 Å². The molecule has 0 aliphatic heterocycles. The van der Waals surface area contributed by atoms with Crippen LogP contribution in [0, 0.1) is 0 Å². The van der Waals surface area contributed by atoms with Crippen molar-refractivity contribution in [3.63, 3.8) is 0 Å². The Morgan fingerprint density at radius 2 is 2.00 bits per heavy atom. The summed E-state index contributed by atoms with van der Waals surface area (Å²) in [6.45, 7) is 5.72. The summed E-state index contributed by atoms with van der Waals surface area (Å²) in [6.07, 6.45) is 0.813. The van der Waals surface area contributed by atoms with Gasteiger partial charge < -0.3 is 15.6 Å². The minimum Gasteiger partial charge on any atom is -0.487 e. The number of carboxylic acid groups (broad SMARTS) is 1. The first-order valence-electron chi connectivity index (χ1n) is 6.25. The van der Waals surface area contributed by atoms with E-state index in [4.69, 9.17) is 38.8 Å². The number of hydrogen-bond acceptors (Lipinski definition) is 3. The lowest BCUT2D eigenvalue weighted by atomic mass is 10.1. The van der Waals surface area contributed by atoms with Crippen molar-refractivity contribution >= 4 is 29.2 Å². The molecule has 0 heterocycles. The molecule has 0 fully saturated rings. The molecule has 0 aromatic heterocycles. The molecule has 0 unspecified atom stereocenters. The predicted octanol–water partition coefficient (Wildman–Crippen LogP) is 3.52. The van der Waals surface area contributed by atoms with Crippen molar-refractivity contribution in [1.29, 1.82) is 0 Å². The molecule has 0 amide bonds. The molecule has 6 heteroatoms. The van der Waals surface area contributed by atoms with Crippen molar-refractivity contribution in [2.45, 2.75) is 45.3 Å². The molecule has 1 rings (SSSR count). The SMILES string of the molecule is CC(C)(C)Oc1cc(CC[C@H](N)C(=O)O)cc(Cl)c1Cl. The van der Waals surface area contributed by atoms with Crippen LogP contribution in [-0.4, -0.2) is 22.7 Å². The second-order valence-corrected chi connectivity index (χ2v) is 6.37. The normalized spacial score (nSPS) is 13.1. The van der Waals surface area contributed by atoms with Gasteiger partial charge in [-0.3, -0.25) is 4.79 Å². The highest BCUT2D eigenvalue weighted by atomic mass is 35.5. The molecule has 1 aromatic carbocycles. The predicted molar refractivity (Wildman–Crippen MR) is 80.8 cm³/mol. The summed E-state index contributed by atoms with van der Waals surface area (Å²) in [5, 5.41) is 9.51. The first kappa shape index (κ1) is 17.1. The largest absolute Gasteiger partial charge is 0.487 e. The Balaban J connectivity index is 2.91. The molecule has 4 nitrogen and oxygen atoms in total. The van der Waals surface area contributed by atoms with Gasteiger partial charge in [0.25, 0.3) is 0 Å². The summed E-state index contributed by atoms with van der Waals surface area (Å²) in [5.74, 6) is -0.526. The number of halogens is 2. The average Bonchev–Trinajstić information content (AvgIpc) is 2.30. The molecule has 3 N–H and O–H groups in total. The Labute approximate surface area is 128 Å². The molecular formula is C14H19Cl2NO3. The fourth-order valence-electron chi connectivity index (χ4n) is 1.61. The molecule has 1 atom stereocenters. The van der Waals surface area contributed by atoms with Crippen LogP contribution in [0.25, 0.3) is 0 Å². The number of carboxylic acids is 1. The number of benzene rings is 1. The zero-order valence-corrected chi connectivity index (χ0v) is 13.3. The van der Waals surface area contributed by atoms with Crippen LogP contribution in [0.4, 0.5) is 0 Å². The maximum Gasteiger partial charge on any atom is 0.320 e. The van der Waals surface area contributed by atoms with Crippen LogP contribution < -0.4 is 10.5 Å². The third kappa shape index (κ3) is 5.19. The van der Waals surface area contributed by atoms with Gasteiger partial charge in [0.05, 0.1) is 5.02 Å². The van der Waals surface area contributed by atoms with Gasteiger partial charge >= 0.3 is 5.97 Å². The zero-order chi connectivity index (χ0) is 15.5. The van der Waals surface area contributed by atoms with Gasteiger partial charge in [0.1, 0.15) is 22.4 Å². The Bertz CT molecular complexity index is 498. The lowest BCUT2D eigenvalue weighted by molar-refractivity contribution is -0.138. The maximum atomic E-state index is 10.7. The molecule has 0 radical (unpaired) electrons. The van der Waals surface area contributed by atoms with Gasteiger partial charge in [0.2, 0.25) is 0 Å². The fraction of sp³-hybridized carbons (Fsp3) is 0.500. The zero-order valence-electron chi connectivity index (χ0n) is 11.7. The van der Waals surface area contributed by atoms with E-state index in [1.165, 1.54) is 0 Å². The molecule has 112 valence electrons. The fourth-order valence-corrected chi connectivity index (χ4v) is 1.99. The average molecular weight is 320 g/mol. The Kier molecular flexibility index (Phi) is 5.68. The van der Waals surface area contributed by atoms with E-state index in [0.717, 1.165) is 5.56 Å². The molecular weight excluding hydrogens is 301 g/mol. The highest BCUT2D eigenvalue weighted by molar-refractivity contribution is 6.43. The molecule has 1 aromatic rings. The van der Waals surface area contributed by atoms with E-state index in [1.54, 1.807) is 12.1 Å². The van der Waals surface area contributed by atoms with Crippen LogP contribution in [0.15, 0.2) is 12.1 Å². The number of aryl methyl sites for hydroxylation is 1. The van der Waals surface area contributed by atoms with Crippen molar-refractivity contribution in [3.05, 3.63) is 27.7 Å². The second-order valence-electron chi connectivity index (χ2n) is 5.59. The van der Waals surface area contributed by atoms with Crippen molar-refractivity contribution in [2.24, 2.45) is 5.73 Å². The van der Waals surface area contributed by atoms with Gasteiger partial charge in [0, 0.05) is 0 Å². The molecule has 0 bridgehead atoms. The highest BCUT2D eigenvalue weighted by Gasteiger charge is 2.18. The van der Waals surface area contributed by atoms with E-state index in [0.29, 0.717) is 28.6 Å². The van der Waals surface area contributed by atoms with E-state index in [2.05, 4.69) is 0 Å². The highest BCUT2D eigenvalue weighted by Crippen LogP contribution is 2.35. The minimum atomic E-state index is -1.02. The van der Waals surface area contributed by atoms with Gasteiger partial charge in [-0.2, -0.15) is 0 Å². The summed E-state index contributed by atoms with van der Waals surface area (Å²) in [7, 11) is 0. The second kappa shape index (κ2) is 6.66. The number of ether oxygens (including phenoxy) is 1.